The van der Waals surface area contributed by atoms with Gasteiger partial charge in [0.15, 0.2) is 0 Å². The molecule has 0 aromatic heterocycles. The fourth-order valence-electron chi connectivity index (χ4n) is 3.00. The van der Waals surface area contributed by atoms with Crippen LogP contribution < -0.4 is 5.32 Å². The number of aryl methyl sites for hydroxylation is 1. The summed E-state index contributed by atoms with van der Waals surface area (Å²) in [6.45, 7) is 0. The van der Waals surface area contributed by atoms with E-state index in [2.05, 4.69) is 46.5 Å². The Morgan fingerprint density at radius 2 is 2.36 bits per heavy atom. The van der Waals surface area contributed by atoms with Crippen molar-refractivity contribution >= 4 is 15.9 Å². The number of rotatable bonds is 1. The van der Waals surface area contributed by atoms with Gasteiger partial charge in [0.25, 0.3) is 0 Å². The molecule has 0 amide bonds. The van der Waals surface area contributed by atoms with Crippen molar-refractivity contribution in [1.29, 1.82) is 0 Å². The smallest absolute Gasteiger partial charge is 0.0178 e. The van der Waals surface area contributed by atoms with Crippen molar-refractivity contribution in [3.63, 3.8) is 0 Å². The predicted molar refractivity (Wildman–Crippen MR) is 61.6 cm³/mol. The third kappa shape index (κ3) is 1.04. The van der Waals surface area contributed by atoms with Crippen molar-refractivity contribution in [2.45, 2.75) is 30.7 Å². The molecule has 2 unspecified atom stereocenters. The number of hydrogen-bond donors (Lipinski definition) is 1. The molecule has 0 aliphatic heterocycles. The molecule has 2 heteroatoms. The first-order chi connectivity index (χ1) is 6.76. The van der Waals surface area contributed by atoms with E-state index in [-0.39, 0.29) is 0 Å². The molecule has 1 aromatic carbocycles. The highest BCUT2D eigenvalue weighted by Crippen LogP contribution is 2.56. The van der Waals surface area contributed by atoms with Crippen molar-refractivity contribution in [1.82, 2.24) is 5.32 Å². The first-order valence-electron chi connectivity index (χ1n) is 5.22. The zero-order valence-electron chi connectivity index (χ0n) is 8.31. The van der Waals surface area contributed by atoms with Crippen LogP contribution in [-0.4, -0.2) is 13.1 Å². The highest BCUT2D eigenvalue weighted by atomic mass is 79.9. The molecule has 2 aliphatic carbocycles. The maximum Gasteiger partial charge on any atom is 0.0178 e. The van der Waals surface area contributed by atoms with E-state index in [9.17, 15) is 0 Å². The first-order valence-corrected chi connectivity index (χ1v) is 6.02. The number of fused-ring (bicyclic) bond motifs is 2. The molecule has 0 saturated heterocycles. The Morgan fingerprint density at radius 1 is 1.50 bits per heavy atom. The summed E-state index contributed by atoms with van der Waals surface area (Å²) in [5.74, 6) is 0. The van der Waals surface area contributed by atoms with E-state index in [1.54, 1.807) is 11.1 Å². The summed E-state index contributed by atoms with van der Waals surface area (Å²) in [7, 11) is 2.08. The van der Waals surface area contributed by atoms with Gasteiger partial charge in [0.2, 0.25) is 0 Å². The van der Waals surface area contributed by atoms with Gasteiger partial charge < -0.3 is 5.32 Å². The van der Waals surface area contributed by atoms with Crippen LogP contribution in [0.25, 0.3) is 0 Å². The zero-order valence-corrected chi connectivity index (χ0v) is 9.89. The SMILES string of the molecule is CNC1CC12CCc1cc(Br)ccc12. The Hall–Kier alpha value is -0.340. The second kappa shape index (κ2) is 2.83. The van der Waals surface area contributed by atoms with E-state index in [1.807, 2.05) is 0 Å². The topological polar surface area (TPSA) is 12.0 Å². The Bertz CT molecular complexity index is 388. The molecule has 2 atom stereocenters. The van der Waals surface area contributed by atoms with Crippen LogP contribution in [0.15, 0.2) is 22.7 Å². The Balaban J connectivity index is 2.04. The summed E-state index contributed by atoms with van der Waals surface area (Å²) in [4.78, 5) is 0. The molecule has 3 rings (SSSR count). The van der Waals surface area contributed by atoms with Crippen LogP contribution in [0.5, 0.6) is 0 Å². The Kier molecular flexibility index (Phi) is 1.80. The fourth-order valence-corrected chi connectivity index (χ4v) is 3.41. The standard InChI is InChI=1S/C12H14BrN/c1-14-11-7-12(11)5-4-8-6-9(13)2-3-10(8)12/h2-3,6,11,14H,4-5,7H2,1H3. The maximum atomic E-state index is 3.54. The number of hydrogen-bond acceptors (Lipinski definition) is 1. The average Bonchev–Trinajstić information content (AvgIpc) is 2.78. The van der Waals surface area contributed by atoms with Crippen LogP contribution in [0.2, 0.25) is 0 Å². The molecule has 1 N–H and O–H groups in total. The van der Waals surface area contributed by atoms with E-state index >= 15 is 0 Å². The molecule has 0 bridgehead atoms. The molecular formula is C12H14BrN. The Labute approximate surface area is 93.0 Å². The number of benzene rings is 1. The molecule has 1 fully saturated rings. The van der Waals surface area contributed by atoms with Crippen LogP contribution in [0.1, 0.15) is 24.0 Å². The van der Waals surface area contributed by atoms with Gasteiger partial charge in [-0.25, -0.2) is 0 Å². The van der Waals surface area contributed by atoms with Crippen LogP contribution in [0.3, 0.4) is 0 Å². The first kappa shape index (κ1) is 8.93. The lowest BCUT2D eigenvalue weighted by Gasteiger charge is -2.10. The highest BCUT2D eigenvalue weighted by molar-refractivity contribution is 9.10. The molecular weight excluding hydrogens is 238 g/mol. The van der Waals surface area contributed by atoms with Gasteiger partial charge in [-0.3, -0.25) is 0 Å². The minimum atomic E-state index is 0.505. The highest BCUT2D eigenvalue weighted by Gasteiger charge is 2.57. The van der Waals surface area contributed by atoms with Crippen molar-refractivity contribution in [3.8, 4) is 0 Å². The maximum absolute atomic E-state index is 3.54. The van der Waals surface area contributed by atoms with Crippen LogP contribution in [0.4, 0.5) is 0 Å². The number of likely N-dealkylation sites (N-methyl/N-ethyl adjacent to an activating group) is 1. The largest absolute Gasteiger partial charge is 0.316 e. The molecule has 2 aliphatic rings. The lowest BCUT2D eigenvalue weighted by Crippen LogP contribution is -2.19. The molecule has 1 saturated carbocycles. The Morgan fingerprint density at radius 3 is 3.07 bits per heavy atom. The molecule has 14 heavy (non-hydrogen) atoms. The molecule has 0 radical (unpaired) electrons. The van der Waals surface area contributed by atoms with Crippen LogP contribution in [0, 0.1) is 0 Å². The molecule has 1 spiro atoms. The summed E-state index contributed by atoms with van der Waals surface area (Å²) >= 11 is 3.54. The monoisotopic (exact) mass is 251 g/mol. The van der Waals surface area contributed by atoms with E-state index in [1.165, 1.54) is 23.7 Å². The summed E-state index contributed by atoms with van der Waals surface area (Å²) in [5, 5.41) is 3.42. The van der Waals surface area contributed by atoms with Crippen molar-refractivity contribution in [2.24, 2.45) is 0 Å². The fraction of sp³-hybridized carbons (Fsp3) is 0.500. The van der Waals surface area contributed by atoms with Gasteiger partial charge in [0.05, 0.1) is 0 Å². The van der Waals surface area contributed by atoms with Gasteiger partial charge in [0.1, 0.15) is 0 Å². The molecule has 1 aromatic rings. The van der Waals surface area contributed by atoms with Gasteiger partial charge in [-0.05, 0) is 49.6 Å². The molecule has 74 valence electrons. The second-order valence-electron chi connectivity index (χ2n) is 4.50. The van der Waals surface area contributed by atoms with E-state index in [4.69, 9.17) is 0 Å². The lowest BCUT2D eigenvalue weighted by molar-refractivity contribution is 0.608. The third-order valence-electron chi connectivity index (χ3n) is 3.87. The molecule has 0 heterocycles. The summed E-state index contributed by atoms with van der Waals surface area (Å²) < 4.78 is 1.22. The molecule has 1 nitrogen and oxygen atoms in total. The van der Waals surface area contributed by atoms with Gasteiger partial charge in [-0.2, -0.15) is 0 Å². The van der Waals surface area contributed by atoms with Gasteiger partial charge >= 0.3 is 0 Å². The van der Waals surface area contributed by atoms with Crippen molar-refractivity contribution in [2.75, 3.05) is 7.05 Å². The van der Waals surface area contributed by atoms with Crippen molar-refractivity contribution in [3.05, 3.63) is 33.8 Å². The third-order valence-corrected chi connectivity index (χ3v) is 4.36. The second-order valence-corrected chi connectivity index (χ2v) is 5.42. The average molecular weight is 252 g/mol. The predicted octanol–water partition coefficient (Wildman–Crippen LogP) is 2.62. The zero-order chi connectivity index (χ0) is 9.76. The normalized spacial score (nSPS) is 33.4. The minimum absolute atomic E-state index is 0.505. The van der Waals surface area contributed by atoms with Gasteiger partial charge in [-0.1, -0.05) is 22.0 Å². The van der Waals surface area contributed by atoms with E-state index < -0.39 is 0 Å². The van der Waals surface area contributed by atoms with Crippen molar-refractivity contribution < 1.29 is 0 Å². The van der Waals surface area contributed by atoms with Gasteiger partial charge in [0, 0.05) is 15.9 Å². The van der Waals surface area contributed by atoms with Crippen LogP contribution in [-0.2, 0) is 11.8 Å². The van der Waals surface area contributed by atoms with Crippen LogP contribution >= 0.6 is 15.9 Å². The lowest BCUT2D eigenvalue weighted by atomic mass is 9.97. The number of nitrogens with one attached hydrogen (secondary N) is 1. The van der Waals surface area contributed by atoms with Gasteiger partial charge in [-0.15, -0.1) is 0 Å². The summed E-state index contributed by atoms with van der Waals surface area (Å²) in [6, 6.07) is 7.50. The van der Waals surface area contributed by atoms with E-state index in [0.717, 1.165) is 6.04 Å². The van der Waals surface area contributed by atoms with E-state index in [0.29, 0.717) is 5.41 Å². The quantitative estimate of drug-likeness (QED) is 0.810. The summed E-state index contributed by atoms with van der Waals surface area (Å²) in [6.07, 6.45) is 3.93. The summed E-state index contributed by atoms with van der Waals surface area (Å²) in [5.41, 5.74) is 3.65. The minimum Gasteiger partial charge on any atom is -0.316 e. The number of halogens is 1.